The second-order valence-electron chi connectivity index (χ2n) is 4.66. The quantitative estimate of drug-likeness (QED) is 0.731. The Morgan fingerprint density at radius 3 is 2.55 bits per heavy atom. The molecule has 112 valence electrons. The topological polar surface area (TPSA) is 89.3 Å². The van der Waals surface area contributed by atoms with Gasteiger partial charge in [0.05, 0.1) is 11.8 Å². The predicted octanol–water partition coefficient (Wildman–Crippen LogP) is 0.497. The summed E-state index contributed by atoms with van der Waals surface area (Å²) < 4.78 is 22.6. The second-order valence-corrected chi connectivity index (χ2v) is 7.13. The molecular formula is C14H22N2O3S. The van der Waals surface area contributed by atoms with Gasteiger partial charge in [0.25, 0.3) is 0 Å². The second kappa shape index (κ2) is 8.01. The van der Waals surface area contributed by atoms with Gasteiger partial charge in [-0.15, -0.1) is 0 Å². The summed E-state index contributed by atoms with van der Waals surface area (Å²) in [6.45, 7) is 1.71. The molecule has 0 spiro atoms. The summed E-state index contributed by atoms with van der Waals surface area (Å²) >= 11 is 0. The number of nitrogens with two attached hydrogens (primary N) is 1. The monoisotopic (exact) mass is 298 g/mol. The summed E-state index contributed by atoms with van der Waals surface area (Å²) in [5.41, 5.74) is 6.91. The Labute approximate surface area is 120 Å². The van der Waals surface area contributed by atoms with Crippen molar-refractivity contribution in [2.45, 2.75) is 25.8 Å². The fourth-order valence-electron chi connectivity index (χ4n) is 1.70. The Bertz CT molecular complexity index is 514. The minimum Gasteiger partial charge on any atom is -0.354 e. The van der Waals surface area contributed by atoms with Crippen molar-refractivity contribution in [1.82, 2.24) is 5.32 Å². The summed E-state index contributed by atoms with van der Waals surface area (Å²) in [4.78, 5) is 11.7. The molecule has 0 saturated heterocycles. The van der Waals surface area contributed by atoms with Crippen molar-refractivity contribution in [3.63, 3.8) is 0 Å². The molecule has 0 saturated carbocycles. The minimum absolute atomic E-state index is 0.0410. The summed E-state index contributed by atoms with van der Waals surface area (Å²) in [7, 11) is -3.05. The first kappa shape index (κ1) is 16.7. The number of carbonyl (C=O) groups excluding carboxylic acids is 1. The lowest BCUT2D eigenvalue weighted by Crippen LogP contribution is -2.42. The number of hydrogen-bond donors (Lipinski definition) is 2. The van der Waals surface area contributed by atoms with Crippen LogP contribution in [0.25, 0.3) is 0 Å². The standard InChI is InChI=1S/C14H22N2O3S/c1-2-20(18,19)11-10-16-14(17)13(15)9-8-12-6-4-3-5-7-12/h3-7,13H,2,8-11,15H2,1H3,(H,16,17). The Balaban J connectivity index is 2.29. The summed E-state index contributed by atoms with van der Waals surface area (Å²) in [5, 5.41) is 2.57. The molecule has 1 amide bonds. The number of amides is 1. The van der Waals surface area contributed by atoms with E-state index in [1.165, 1.54) is 0 Å². The Morgan fingerprint density at radius 2 is 1.95 bits per heavy atom. The lowest BCUT2D eigenvalue weighted by atomic mass is 10.1. The maximum Gasteiger partial charge on any atom is 0.236 e. The molecule has 0 heterocycles. The molecule has 0 radical (unpaired) electrons. The molecule has 5 nitrogen and oxygen atoms in total. The maximum absolute atomic E-state index is 11.7. The van der Waals surface area contributed by atoms with Crippen LogP contribution < -0.4 is 11.1 Å². The lowest BCUT2D eigenvalue weighted by molar-refractivity contribution is -0.122. The van der Waals surface area contributed by atoms with E-state index in [4.69, 9.17) is 5.73 Å². The zero-order valence-electron chi connectivity index (χ0n) is 11.7. The number of benzene rings is 1. The van der Waals surface area contributed by atoms with Crippen molar-refractivity contribution in [3.8, 4) is 0 Å². The molecule has 0 bridgehead atoms. The molecule has 0 aliphatic rings. The smallest absolute Gasteiger partial charge is 0.236 e. The highest BCUT2D eigenvalue weighted by atomic mass is 32.2. The van der Waals surface area contributed by atoms with E-state index in [1.54, 1.807) is 6.92 Å². The van der Waals surface area contributed by atoms with Crippen LogP contribution in [0.3, 0.4) is 0 Å². The number of sulfone groups is 1. The third kappa shape index (κ3) is 6.16. The number of hydrogen-bond acceptors (Lipinski definition) is 4. The normalized spacial score (nSPS) is 12.9. The average molecular weight is 298 g/mol. The molecule has 1 atom stereocenters. The predicted molar refractivity (Wildman–Crippen MR) is 80.1 cm³/mol. The lowest BCUT2D eigenvalue weighted by Gasteiger charge is -2.12. The highest BCUT2D eigenvalue weighted by Gasteiger charge is 2.14. The van der Waals surface area contributed by atoms with Gasteiger partial charge in [0.2, 0.25) is 5.91 Å². The van der Waals surface area contributed by atoms with Gasteiger partial charge in [-0.05, 0) is 18.4 Å². The molecule has 1 aromatic rings. The maximum atomic E-state index is 11.7. The van der Waals surface area contributed by atoms with Gasteiger partial charge in [0.1, 0.15) is 0 Å². The molecule has 1 rings (SSSR count). The van der Waals surface area contributed by atoms with Gasteiger partial charge < -0.3 is 11.1 Å². The van der Waals surface area contributed by atoms with E-state index in [0.717, 1.165) is 12.0 Å². The number of nitrogens with one attached hydrogen (secondary N) is 1. The molecule has 20 heavy (non-hydrogen) atoms. The molecule has 0 aliphatic carbocycles. The van der Waals surface area contributed by atoms with Crippen molar-refractivity contribution in [2.75, 3.05) is 18.1 Å². The average Bonchev–Trinajstić information content (AvgIpc) is 2.45. The fourth-order valence-corrected chi connectivity index (χ4v) is 2.40. The van der Waals surface area contributed by atoms with E-state index < -0.39 is 15.9 Å². The molecule has 1 unspecified atom stereocenters. The van der Waals surface area contributed by atoms with Crippen LogP contribution in [0.15, 0.2) is 30.3 Å². The van der Waals surface area contributed by atoms with Crippen LogP contribution in [-0.4, -0.2) is 38.4 Å². The van der Waals surface area contributed by atoms with E-state index in [1.807, 2.05) is 30.3 Å². The van der Waals surface area contributed by atoms with Crippen molar-refractivity contribution >= 4 is 15.7 Å². The Morgan fingerprint density at radius 1 is 1.30 bits per heavy atom. The van der Waals surface area contributed by atoms with Crippen LogP contribution >= 0.6 is 0 Å². The van der Waals surface area contributed by atoms with E-state index in [2.05, 4.69) is 5.32 Å². The molecule has 0 aromatic heterocycles. The highest BCUT2D eigenvalue weighted by molar-refractivity contribution is 7.91. The van der Waals surface area contributed by atoms with Gasteiger partial charge in [-0.3, -0.25) is 4.79 Å². The third-order valence-corrected chi connectivity index (χ3v) is 4.78. The molecule has 6 heteroatoms. The van der Waals surface area contributed by atoms with Crippen molar-refractivity contribution in [3.05, 3.63) is 35.9 Å². The van der Waals surface area contributed by atoms with Crippen molar-refractivity contribution in [2.24, 2.45) is 5.73 Å². The summed E-state index contributed by atoms with van der Waals surface area (Å²) in [6, 6.07) is 9.17. The largest absolute Gasteiger partial charge is 0.354 e. The molecular weight excluding hydrogens is 276 g/mol. The van der Waals surface area contributed by atoms with Gasteiger partial charge in [0, 0.05) is 12.3 Å². The van der Waals surface area contributed by atoms with Crippen LogP contribution in [0.5, 0.6) is 0 Å². The zero-order valence-corrected chi connectivity index (χ0v) is 12.5. The highest BCUT2D eigenvalue weighted by Crippen LogP contribution is 2.04. The van der Waals surface area contributed by atoms with Crippen LogP contribution in [0.4, 0.5) is 0 Å². The van der Waals surface area contributed by atoms with E-state index in [-0.39, 0.29) is 24.0 Å². The van der Waals surface area contributed by atoms with Crippen LogP contribution in [0.1, 0.15) is 18.9 Å². The fraction of sp³-hybridized carbons (Fsp3) is 0.500. The number of aryl methyl sites for hydroxylation is 1. The van der Waals surface area contributed by atoms with Crippen LogP contribution in [0.2, 0.25) is 0 Å². The molecule has 1 aromatic carbocycles. The first-order chi connectivity index (χ1) is 9.44. The Hall–Kier alpha value is -1.40. The minimum atomic E-state index is -3.05. The van der Waals surface area contributed by atoms with E-state index in [0.29, 0.717) is 6.42 Å². The van der Waals surface area contributed by atoms with Crippen LogP contribution in [-0.2, 0) is 21.1 Å². The van der Waals surface area contributed by atoms with Crippen molar-refractivity contribution in [1.29, 1.82) is 0 Å². The SMILES string of the molecule is CCS(=O)(=O)CCNC(=O)C(N)CCc1ccccc1. The molecule has 0 aliphatic heterocycles. The van der Waals surface area contributed by atoms with Crippen molar-refractivity contribution < 1.29 is 13.2 Å². The van der Waals surface area contributed by atoms with Gasteiger partial charge in [-0.2, -0.15) is 0 Å². The molecule has 0 fully saturated rings. The third-order valence-electron chi connectivity index (χ3n) is 3.08. The first-order valence-corrected chi connectivity index (χ1v) is 8.54. The zero-order chi connectivity index (χ0) is 15.0. The number of rotatable bonds is 8. The van der Waals surface area contributed by atoms with Gasteiger partial charge in [-0.1, -0.05) is 37.3 Å². The summed E-state index contributed by atoms with van der Waals surface area (Å²) in [5.74, 6) is -0.254. The van der Waals surface area contributed by atoms with Gasteiger partial charge in [-0.25, -0.2) is 8.42 Å². The first-order valence-electron chi connectivity index (χ1n) is 6.72. The van der Waals surface area contributed by atoms with Gasteiger partial charge >= 0.3 is 0 Å². The summed E-state index contributed by atoms with van der Waals surface area (Å²) in [6.07, 6.45) is 1.26. The van der Waals surface area contributed by atoms with Crippen LogP contribution in [0, 0.1) is 0 Å². The number of carbonyl (C=O) groups is 1. The van der Waals surface area contributed by atoms with Gasteiger partial charge in [0.15, 0.2) is 9.84 Å². The molecule has 3 N–H and O–H groups in total. The van der Waals surface area contributed by atoms with E-state index >= 15 is 0 Å². The Kier molecular flexibility index (Phi) is 6.67. The van der Waals surface area contributed by atoms with E-state index in [9.17, 15) is 13.2 Å².